The van der Waals surface area contributed by atoms with E-state index >= 15 is 0 Å². The van der Waals surface area contributed by atoms with Gasteiger partial charge in [-0.15, -0.1) is 0 Å². The monoisotopic (exact) mass is 433 g/mol. The van der Waals surface area contributed by atoms with Gasteiger partial charge in [-0.25, -0.2) is 17.2 Å². The van der Waals surface area contributed by atoms with Crippen LogP contribution in [-0.4, -0.2) is 29.8 Å². The summed E-state index contributed by atoms with van der Waals surface area (Å²) in [6.07, 6.45) is -0.763. The third-order valence-corrected chi connectivity index (χ3v) is 7.44. The number of fused-ring (bicyclic) bond motifs is 1. The fourth-order valence-corrected chi connectivity index (χ4v) is 5.81. The molecule has 0 saturated heterocycles. The number of hydrogen-bond donors (Lipinski definition) is 1. The van der Waals surface area contributed by atoms with E-state index in [2.05, 4.69) is 5.10 Å². The zero-order valence-electron chi connectivity index (χ0n) is 16.5. The SMILES string of the molecule is Cc1nn(C[C@H](O)c2cc(F)ccc2F)c(C)c1S(=O)(=O)N1CCc2ccccc21. The van der Waals surface area contributed by atoms with Crippen LogP contribution in [0.5, 0.6) is 0 Å². The van der Waals surface area contributed by atoms with Crippen molar-refractivity contribution in [2.24, 2.45) is 0 Å². The molecule has 1 atom stereocenters. The maximum atomic E-state index is 14.0. The number of aromatic nitrogens is 2. The van der Waals surface area contributed by atoms with Crippen LogP contribution in [0.25, 0.3) is 0 Å². The zero-order chi connectivity index (χ0) is 21.6. The lowest BCUT2D eigenvalue weighted by atomic mass is 10.1. The van der Waals surface area contributed by atoms with Crippen LogP contribution < -0.4 is 4.31 Å². The lowest BCUT2D eigenvalue weighted by Gasteiger charge is -2.20. The molecule has 0 unspecified atom stereocenters. The van der Waals surface area contributed by atoms with Crippen molar-refractivity contribution < 1.29 is 22.3 Å². The topological polar surface area (TPSA) is 75.4 Å². The molecule has 1 aliphatic heterocycles. The molecule has 1 aliphatic rings. The Kier molecular flexibility index (Phi) is 5.11. The van der Waals surface area contributed by atoms with E-state index in [-0.39, 0.29) is 22.7 Å². The summed E-state index contributed by atoms with van der Waals surface area (Å²) in [5, 5.41) is 14.7. The Bertz CT molecular complexity index is 1220. The van der Waals surface area contributed by atoms with Crippen molar-refractivity contribution in [3.63, 3.8) is 0 Å². The summed E-state index contributed by atoms with van der Waals surface area (Å²) in [5.41, 5.74) is 2.00. The molecule has 1 aromatic heterocycles. The van der Waals surface area contributed by atoms with Crippen molar-refractivity contribution >= 4 is 15.7 Å². The van der Waals surface area contributed by atoms with Crippen molar-refractivity contribution in [1.82, 2.24) is 9.78 Å². The van der Waals surface area contributed by atoms with Crippen molar-refractivity contribution in [3.05, 3.63) is 76.6 Å². The number of sulfonamides is 1. The number of para-hydroxylation sites is 1. The van der Waals surface area contributed by atoms with E-state index in [0.29, 0.717) is 24.3 Å². The highest BCUT2D eigenvalue weighted by Gasteiger charge is 2.35. The van der Waals surface area contributed by atoms with Gasteiger partial charge in [-0.05, 0) is 50.1 Å². The molecule has 30 heavy (non-hydrogen) atoms. The Labute approximate surface area is 173 Å². The van der Waals surface area contributed by atoms with Crippen molar-refractivity contribution in [1.29, 1.82) is 0 Å². The van der Waals surface area contributed by atoms with E-state index in [1.807, 2.05) is 12.1 Å². The summed E-state index contributed by atoms with van der Waals surface area (Å²) in [6, 6.07) is 10.2. The number of anilines is 1. The van der Waals surface area contributed by atoms with E-state index in [1.54, 1.807) is 26.0 Å². The van der Waals surface area contributed by atoms with Crippen LogP contribution in [0.1, 0.15) is 28.6 Å². The van der Waals surface area contributed by atoms with Gasteiger partial charge in [0.2, 0.25) is 0 Å². The molecule has 158 valence electrons. The normalized spacial score (nSPS) is 14.8. The molecule has 0 bridgehead atoms. The van der Waals surface area contributed by atoms with Gasteiger partial charge in [0.05, 0.1) is 23.6 Å². The predicted molar refractivity (Wildman–Crippen MR) is 108 cm³/mol. The van der Waals surface area contributed by atoms with E-state index in [0.717, 1.165) is 23.8 Å². The molecular weight excluding hydrogens is 412 g/mol. The molecule has 0 spiro atoms. The lowest BCUT2D eigenvalue weighted by molar-refractivity contribution is 0.145. The van der Waals surface area contributed by atoms with Crippen molar-refractivity contribution in [2.45, 2.75) is 37.8 Å². The van der Waals surface area contributed by atoms with Gasteiger partial charge in [0.1, 0.15) is 22.6 Å². The predicted octanol–water partition coefficient (Wildman–Crippen LogP) is 3.26. The van der Waals surface area contributed by atoms with Gasteiger partial charge in [0, 0.05) is 12.1 Å². The fraction of sp³-hybridized carbons (Fsp3) is 0.286. The molecule has 9 heteroatoms. The van der Waals surface area contributed by atoms with Crippen LogP contribution in [-0.2, 0) is 23.0 Å². The Balaban J connectivity index is 1.68. The Hall–Kier alpha value is -2.78. The van der Waals surface area contributed by atoms with Gasteiger partial charge in [-0.3, -0.25) is 8.99 Å². The third kappa shape index (κ3) is 3.37. The minimum atomic E-state index is -3.87. The molecule has 0 fully saturated rings. The molecule has 2 heterocycles. The molecular formula is C21H21F2N3O3S. The molecule has 0 amide bonds. The summed E-state index contributed by atoms with van der Waals surface area (Å²) < 4.78 is 56.9. The number of rotatable bonds is 5. The highest BCUT2D eigenvalue weighted by Crippen LogP contribution is 2.35. The second-order valence-corrected chi connectivity index (χ2v) is 9.12. The van der Waals surface area contributed by atoms with Gasteiger partial charge >= 0.3 is 0 Å². The standard InChI is InChI=1S/C21H21F2N3O3S/c1-13-21(30(28,29)26-10-9-15-5-3-4-6-19(15)26)14(2)25(24-13)12-20(27)17-11-16(22)7-8-18(17)23/h3-8,11,20,27H,9-10,12H2,1-2H3/t20-/m0/s1. The van der Waals surface area contributed by atoms with Gasteiger partial charge < -0.3 is 5.11 Å². The van der Waals surface area contributed by atoms with E-state index < -0.39 is 27.8 Å². The first-order valence-corrected chi connectivity index (χ1v) is 10.9. The van der Waals surface area contributed by atoms with Crippen LogP contribution in [0.2, 0.25) is 0 Å². The Morgan fingerprint density at radius 2 is 1.90 bits per heavy atom. The molecule has 0 aliphatic carbocycles. The quantitative estimate of drug-likeness (QED) is 0.670. The van der Waals surface area contributed by atoms with Crippen LogP contribution in [0.4, 0.5) is 14.5 Å². The summed E-state index contributed by atoms with van der Waals surface area (Å²) in [6.45, 7) is 3.29. The van der Waals surface area contributed by atoms with Crippen molar-refractivity contribution in [2.75, 3.05) is 10.8 Å². The molecule has 2 aromatic carbocycles. The van der Waals surface area contributed by atoms with Crippen LogP contribution in [0.3, 0.4) is 0 Å². The van der Waals surface area contributed by atoms with Gasteiger partial charge in [0.15, 0.2) is 0 Å². The largest absolute Gasteiger partial charge is 0.386 e. The first-order chi connectivity index (χ1) is 14.2. The highest BCUT2D eigenvalue weighted by atomic mass is 32.2. The summed E-state index contributed by atoms with van der Waals surface area (Å²) in [5.74, 6) is -1.42. The number of hydrogen-bond acceptors (Lipinski definition) is 4. The maximum absolute atomic E-state index is 14.0. The summed E-state index contributed by atoms with van der Waals surface area (Å²) >= 11 is 0. The van der Waals surface area contributed by atoms with Gasteiger partial charge in [-0.1, -0.05) is 18.2 Å². The average Bonchev–Trinajstić information content (AvgIpc) is 3.25. The first-order valence-electron chi connectivity index (χ1n) is 9.48. The van der Waals surface area contributed by atoms with E-state index in [1.165, 1.54) is 8.99 Å². The number of halogens is 2. The van der Waals surface area contributed by atoms with E-state index in [9.17, 15) is 22.3 Å². The summed E-state index contributed by atoms with van der Waals surface area (Å²) in [7, 11) is -3.87. The smallest absolute Gasteiger partial charge is 0.268 e. The van der Waals surface area contributed by atoms with Crippen LogP contribution in [0.15, 0.2) is 47.4 Å². The summed E-state index contributed by atoms with van der Waals surface area (Å²) in [4.78, 5) is 0.0612. The highest BCUT2D eigenvalue weighted by molar-refractivity contribution is 7.93. The van der Waals surface area contributed by atoms with Gasteiger partial charge in [0.25, 0.3) is 10.0 Å². The third-order valence-electron chi connectivity index (χ3n) is 5.37. The number of benzene rings is 2. The number of nitrogens with zero attached hydrogens (tertiary/aromatic N) is 3. The number of aryl methyl sites for hydroxylation is 1. The molecule has 0 radical (unpaired) electrons. The first kappa shape index (κ1) is 20.5. The van der Waals surface area contributed by atoms with E-state index in [4.69, 9.17) is 0 Å². The lowest BCUT2D eigenvalue weighted by Crippen LogP contribution is -2.30. The van der Waals surface area contributed by atoms with Crippen LogP contribution in [0, 0.1) is 25.5 Å². The number of aliphatic hydroxyl groups is 1. The molecule has 3 aromatic rings. The minimum absolute atomic E-state index is 0.0612. The zero-order valence-corrected chi connectivity index (χ0v) is 17.3. The second kappa shape index (κ2) is 7.48. The molecule has 1 N–H and O–H groups in total. The van der Waals surface area contributed by atoms with Gasteiger partial charge in [-0.2, -0.15) is 5.10 Å². The second-order valence-electron chi connectivity index (χ2n) is 7.32. The molecule has 4 rings (SSSR count). The molecule has 0 saturated carbocycles. The Morgan fingerprint density at radius 3 is 2.67 bits per heavy atom. The average molecular weight is 433 g/mol. The maximum Gasteiger partial charge on any atom is 0.268 e. The van der Waals surface area contributed by atoms with Crippen LogP contribution >= 0.6 is 0 Å². The fourth-order valence-electron chi connectivity index (χ4n) is 3.93. The number of aliphatic hydroxyl groups excluding tert-OH is 1. The minimum Gasteiger partial charge on any atom is -0.386 e. The molecule has 6 nitrogen and oxygen atoms in total. The Morgan fingerprint density at radius 1 is 1.17 bits per heavy atom. The van der Waals surface area contributed by atoms with Crippen molar-refractivity contribution in [3.8, 4) is 0 Å².